The van der Waals surface area contributed by atoms with E-state index in [1.807, 2.05) is 24.3 Å². The molecule has 1 aromatic carbocycles. The fourth-order valence-electron chi connectivity index (χ4n) is 0.965. The molecule has 0 heterocycles. The average Bonchev–Trinajstić information content (AvgIpc) is 2.16. The Bertz CT molecular complexity index is 310. The van der Waals surface area contributed by atoms with Gasteiger partial charge in [-0.2, -0.15) is 0 Å². The zero-order valence-corrected chi connectivity index (χ0v) is 8.21. The maximum absolute atomic E-state index is 5.97. The highest BCUT2D eigenvalue weighted by molar-refractivity contribution is 6.32. The average molecular weight is 198 g/mol. The van der Waals surface area contributed by atoms with E-state index in [-0.39, 0.29) is 0 Å². The third-order valence-electron chi connectivity index (χ3n) is 1.64. The number of benzene rings is 1. The molecule has 1 rings (SSSR count). The minimum Gasteiger partial charge on any atom is -0.497 e. The molecule has 0 unspecified atom stereocenters. The predicted molar refractivity (Wildman–Crippen MR) is 56.1 cm³/mol. The second-order valence-corrected chi connectivity index (χ2v) is 2.93. The Morgan fingerprint density at radius 1 is 1.54 bits per heavy atom. The first-order valence-corrected chi connectivity index (χ1v) is 4.36. The summed E-state index contributed by atoms with van der Waals surface area (Å²) < 4.78 is 5.02. The van der Waals surface area contributed by atoms with E-state index >= 15 is 0 Å². The van der Waals surface area contributed by atoms with Gasteiger partial charge in [-0.3, -0.25) is 0 Å². The molecule has 2 nitrogen and oxygen atoms in total. The molecule has 0 aliphatic carbocycles. The Hall–Kier alpha value is -0.990. The highest BCUT2D eigenvalue weighted by Gasteiger charge is 1.97. The van der Waals surface area contributed by atoms with E-state index in [0.717, 1.165) is 11.3 Å². The third kappa shape index (κ3) is 2.76. The Morgan fingerprint density at radius 2 is 2.31 bits per heavy atom. The monoisotopic (exact) mass is 197 g/mol. The van der Waals surface area contributed by atoms with Gasteiger partial charge in [0.05, 0.1) is 12.1 Å². The molecule has 0 saturated heterocycles. The topological polar surface area (TPSA) is 35.2 Å². The highest BCUT2D eigenvalue weighted by atomic mass is 35.5. The molecular formula is C10H12ClNO. The number of halogens is 1. The summed E-state index contributed by atoms with van der Waals surface area (Å²) in [5.41, 5.74) is 6.28. The fourth-order valence-corrected chi connectivity index (χ4v) is 1.20. The number of hydrogen-bond donors (Lipinski definition) is 1. The quantitative estimate of drug-likeness (QED) is 0.807. The van der Waals surface area contributed by atoms with Gasteiger partial charge < -0.3 is 10.5 Å². The summed E-state index contributed by atoms with van der Waals surface area (Å²) in [5.74, 6) is 0.759. The van der Waals surface area contributed by atoms with E-state index in [0.29, 0.717) is 11.6 Å². The van der Waals surface area contributed by atoms with Crippen molar-refractivity contribution < 1.29 is 4.74 Å². The first kappa shape index (κ1) is 10.1. The van der Waals surface area contributed by atoms with E-state index < -0.39 is 0 Å². The maximum atomic E-state index is 5.97. The van der Waals surface area contributed by atoms with Crippen molar-refractivity contribution in [3.8, 4) is 5.75 Å². The van der Waals surface area contributed by atoms with Crippen molar-refractivity contribution in [3.05, 3.63) is 34.9 Å². The molecule has 1 aromatic rings. The molecule has 0 aliphatic rings. The normalized spacial score (nSPS) is 10.7. The summed E-state index contributed by atoms with van der Waals surface area (Å²) in [4.78, 5) is 0. The van der Waals surface area contributed by atoms with Crippen LogP contribution in [0.3, 0.4) is 0 Å². The third-order valence-corrected chi connectivity index (χ3v) is 1.97. The standard InChI is InChI=1S/C10H12ClNO/c1-13-9-5-4-8(3-2-6-12)10(11)7-9/h2-5,7H,6,12H2,1H3. The summed E-state index contributed by atoms with van der Waals surface area (Å²) >= 11 is 5.97. The van der Waals surface area contributed by atoms with Gasteiger partial charge in [0.15, 0.2) is 0 Å². The van der Waals surface area contributed by atoms with Crippen LogP contribution < -0.4 is 10.5 Å². The lowest BCUT2D eigenvalue weighted by molar-refractivity contribution is 0.415. The zero-order valence-electron chi connectivity index (χ0n) is 7.46. The van der Waals surface area contributed by atoms with Gasteiger partial charge in [0.25, 0.3) is 0 Å². The second-order valence-electron chi connectivity index (χ2n) is 2.53. The molecule has 0 spiro atoms. The highest BCUT2D eigenvalue weighted by Crippen LogP contribution is 2.23. The molecular weight excluding hydrogens is 186 g/mol. The molecule has 70 valence electrons. The van der Waals surface area contributed by atoms with Gasteiger partial charge in [-0.25, -0.2) is 0 Å². The lowest BCUT2D eigenvalue weighted by Crippen LogP contribution is -1.92. The smallest absolute Gasteiger partial charge is 0.120 e. The Morgan fingerprint density at radius 3 is 2.85 bits per heavy atom. The molecule has 0 fully saturated rings. The van der Waals surface area contributed by atoms with E-state index in [2.05, 4.69) is 0 Å². The van der Waals surface area contributed by atoms with Crippen molar-refractivity contribution in [1.82, 2.24) is 0 Å². The van der Waals surface area contributed by atoms with Gasteiger partial charge in [-0.1, -0.05) is 23.8 Å². The molecule has 0 radical (unpaired) electrons. The molecule has 0 bridgehead atoms. The Labute approximate surface area is 83.0 Å². The van der Waals surface area contributed by atoms with Crippen LogP contribution in [0.4, 0.5) is 0 Å². The van der Waals surface area contributed by atoms with Crippen LogP contribution in [0, 0.1) is 0 Å². The molecule has 0 aromatic heterocycles. The number of ether oxygens (including phenoxy) is 1. The lowest BCUT2D eigenvalue weighted by Gasteiger charge is -2.02. The molecule has 13 heavy (non-hydrogen) atoms. The van der Waals surface area contributed by atoms with E-state index in [9.17, 15) is 0 Å². The Kier molecular flexibility index (Phi) is 3.80. The van der Waals surface area contributed by atoms with Crippen LogP contribution in [-0.4, -0.2) is 13.7 Å². The molecule has 0 atom stereocenters. The van der Waals surface area contributed by atoms with Gasteiger partial charge in [0.2, 0.25) is 0 Å². The van der Waals surface area contributed by atoms with Crippen LogP contribution >= 0.6 is 11.6 Å². The summed E-state index contributed by atoms with van der Waals surface area (Å²) in [7, 11) is 1.61. The summed E-state index contributed by atoms with van der Waals surface area (Å²) in [6.45, 7) is 0.516. The molecule has 2 N–H and O–H groups in total. The van der Waals surface area contributed by atoms with Crippen LogP contribution in [0.25, 0.3) is 6.08 Å². The van der Waals surface area contributed by atoms with Crippen molar-refractivity contribution in [2.45, 2.75) is 0 Å². The predicted octanol–water partition coefficient (Wildman–Crippen LogP) is 2.32. The summed E-state index contributed by atoms with van der Waals surface area (Å²) in [5, 5.41) is 0.670. The second kappa shape index (κ2) is 4.90. The van der Waals surface area contributed by atoms with E-state index in [4.69, 9.17) is 22.1 Å². The van der Waals surface area contributed by atoms with Crippen molar-refractivity contribution in [2.24, 2.45) is 5.73 Å². The number of rotatable bonds is 3. The first-order valence-electron chi connectivity index (χ1n) is 3.98. The van der Waals surface area contributed by atoms with Gasteiger partial charge in [0.1, 0.15) is 5.75 Å². The minimum absolute atomic E-state index is 0.516. The van der Waals surface area contributed by atoms with Crippen molar-refractivity contribution >= 4 is 17.7 Å². The van der Waals surface area contributed by atoms with Crippen LogP contribution in [0.1, 0.15) is 5.56 Å². The largest absolute Gasteiger partial charge is 0.497 e. The van der Waals surface area contributed by atoms with Gasteiger partial charge in [-0.15, -0.1) is 0 Å². The van der Waals surface area contributed by atoms with E-state index in [1.54, 1.807) is 13.2 Å². The van der Waals surface area contributed by atoms with Crippen molar-refractivity contribution in [3.63, 3.8) is 0 Å². The number of nitrogens with two attached hydrogens (primary N) is 1. The molecule has 3 heteroatoms. The SMILES string of the molecule is COc1ccc(C=CCN)c(Cl)c1. The van der Waals surface area contributed by atoms with Crippen molar-refractivity contribution in [1.29, 1.82) is 0 Å². The Balaban J connectivity index is 2.91. The van der Waals surface area contributed by atoms with Gasteiger partial charge in [0, 0.05) is 6.54 Å². The number of hydrogen-bond acceptors (Lipinski definition) is 2. The van der Waals surface area contributed by atoms with Gasteiger partial charge in [-0.05, 0) is 23.8 Å². The van der Waals surface area contributed by atoms with Crippen molar-refractivity contribution in [2.75, 3.05) is 13.7 Å². The minimum atomic E-state index is 0.516. The fraction of sp³-hybridized carbons (Fsp3) is 0.200. The molecule has 0 saturated carbocycles. The lowest BCUT2D eigenvalue weighted by atomic mass is 10.2. The molecule has 0 aliphatic heterocycles. The van der Waals surface area contributed by atoms with Crippen LogP contribution in [-0.2, 0) is 0 Å². The maximum Gasteiger partial charge on any atom is 0.120 e. The summed E-state index contributed by atoms with van der Waals surface area (Å²) in [6.07, 6.45) is 3.75. The molecule has 0 amide bonds. The van der Waals surface area contributed by atoms with Crippen LogP contribution in [0.5, 0.6) is 5.75 Å². The van der Waals surface area contributed by atoms with Crippen LogP contribution in [0.2, 0.25) is 5.02 Å². The van der Waals surface area contributed by atoms with Gasteiger partial charge >= 0.3 is 0 Å². The number of methoxy groups -OCH3 is 1. The summed E-state index contributed by atoms with van der Waals surface area (Å²) in [6, 6.07) is 5.53. The van der Waals surface area contributed by atoms with Crippen LogP contribution in [0.15, 0.2) is 24.3 Å². The zero-order chi connectivity index (χ0) is 9.68. The first-order chi connectivity index (χ1) is 6.27. The van der Waals surface area contributed by atoms with E-state index in [1.165, 1.54) is 0 Å².